The van der Waals surface area contributed by atoms with Crippen molar-refractivity contribution >= 4 is 31.9 Å². The van der Waals surface area contributed by atoms with E-state index in [9.17, 15) is 13.2 Å². The van der Waals surface area contributed by atoms with Crippen LogP contribution in [0.5, 0.6) is 5.75 Å². The fraction of sp³-hybridized carbons (Fsp3) is 0.533. The van der Waals surface area contributed by atoms with E-state index in [2.05, 4.69) is 21.2 Å². The molecule has 23 heavy (non-hydrogen) atoms. The Morgan fingerprint density at radius 1 is 1.35 bits per heavy atom. The molecule has 0 aliphatic carbocycles. The van der Waals surface area contributed by atoms with Crippen LogP contribution in [0.4, 0.5) is 0 Å². The number of benzene rings is 1. The maximum absolute atomic E-state index is 11.9. The molecule has 0 unspecified atom stereocenters. The van der Waals surface area contributed by atoms with Gasteiger partial charge in [-0.3, -0.25) is 4.79 Å². The van der Waals surface area contributed by atoms with Crippen molar-refractivity contribution in [3.8, 4) is 5.75 Å². The molecule has 1 saturated heterocycles. The number of carbonyl (C=O) groups is 1. The van der Waals surface area contributed by atoms with Crippen molar-refractivity contribution in [1.29, 1.82) is 0 Å². The van der Waals surface area contributed by atoms with Crippen molar-refractivity contribution in [2.75, 3.05) is 26.0 Å². The van der Waals surface area contributed by atoms with Crippen LogP contribution in [-0.2, 0) is 16.6 Å². The molecule has 1 fully saturated rings. The van der Waals surface area contributed by atoms with E-state index in [0.717, 1.165) is 22.9 Å². The van der Waals surface area contributed by atoms with Crippen molar-refractivity contribution in [3.63, 3.8) is 0 Å². The molecule has 1 aromatic rings. The van der Waals surface area contributed by atoms with Crippen molar-refractivity contribution in [2.24, 2.45) is 5.92 Å². The Morgan fingerprint density at radius 3 is 2.70 bits per heavy atom. The zero-order chi connectivity index (χ0) is 16.6. The molecule has 0 aromatic heterocycles. The van der Waals surface area contributed by atoms with Crippen LogP contribution in [0.25, 0.3) is 0 Å². The highest BCUT2D eigenvalue weighted by Gasteiger charge is 2.27. The number of rotatable bonds is 4. The number of nitrogens with zero attached hydrogens (tertiary/aromatic N) is 1. The predicted octanol–water partition coefficient (Wildman–Crippen LogP) is 1.74. The normalized spacial score (nSPS) is 19.5. The Bertz CT molecular complexity index is 727. The average molecular weight is 403 g/mol. The van der Waals surface area contributed by atoms with Crippen LogP contribution < -0.4 is 10.1 Å². The zero-order valence-electron chi connectivity index (χ0n) is 12.8. The summed E-state index contributed by atoms with van der Waals surface area (Å²) in [5.41, 5.74) is 1.55. The van der Waals surface area contributed by atoms with Gasteiger partial charge in [0.15, 0.2) is 0 Å². The number of piperidine rings is 1. The van der Waals surface area contributed by atoms with Gasteiger partial charge < -0.3 is 10.1 Å². The molecule has 2 aliphatic heterocycles. The lowest BCUT2D eigenvalue weighted by atomic mass is 9.99. The average Bonchev–Trinajstić information content (AvgIpc) is 2.85. The quantitative estimate of drug-likeness (QED) is 0.831. The topological polar surface area (TPSA) is 75.7 Å². The van der Waals surface area contributed by atoms with Crippen LogP contribution in [-0.4, -0.2) is 44.6 Å². The summed E-state index contributed by atoms with van der Waals surface area (Å²) in [5, 5.41) is 2.80. The highest BCUT2D eigenvalue weighted by atomic mass is 79.9. The van der Waals surface area contributed by atoms with Crippen LogP contribution in [0.3, 0.4) is 0 Å². The fourth-order valence-electron chi connectivity index (χ4n) is 3.03. The largest absolute Gasteiger partial charge is 0.492 e. The minimum atomic E-state index is -3.10. The van der Waals surface area contributed by atoms with Crippen LogP contribution in [0.2, 0.25) is 0 Å². The number of carbonyl (C=O) groups excluding carboxylic acids is 1. The van der Waals surface area contributed by atoms with E-state index >= 15 is 0 Å². The number of nitrogens with one attached hydrogen (secondary N) is 1. The van der Waals surface area contributed by atoms with E-state index in [1.807, 2.05) is 12.1 Å². The summed E-state index contributed by atoms with van der Waals surface area (Å²) in [7, 11) is -3.10. The van der Waals surface area contributed by atoms with Crippen LogP contribution >= 0.6 is 15.9 Å². The maximum atomic E-state index is 11.9. The van der Waals surface area contributed by atoms with Crippen molar-refractivity contribution < 1.29 is 17.9 Å². The predicted molar refractivity (Wildman–Crippen MR) is 89.9 cm³/mol. The zero-order valence-corrected chi connectivity index (χ0v) is 15.2. The van der Waals surface area contributed by atoms with Crippen molar-refractivity contribution in [2.45, 2.75) is 19.4 Å². The number of fused-ring (bicyclic) bond motifs is 1. The van der Waals surface area contributed by atoms with Gasteiger partial charge in [0.05, 0.1) is 18.4 Å². The van der Waals surface area contributed by atoms with Crippen LogP contribution in [0.15, 0.2) is 16.6 Å². The van der Waals surface area contributed by atoms with E-state index in [0.29, 0.717) is 43.5 Å². The first kappa shape index (κ1) is 16.7. The monoisotopic (exact) mass is 402 g/mol. The molecule has 0 radical (unpaired) electrons. The molecule has 8 heteroatoms. The summed E-state index contributed by atoms with van der Waals surface area (Å²) in [6.07, 6.45) is 2.79. The van der Waals surface area contributed by atoms with Gasteiger partial charge in [-0.25, -0.2) is 12.7 Å². The Kier molecular flexibility index (Phi) is 4.66. The Balaban J connectivity index is 1.63. The molecule has 2 aliphatic rings. The second kappa shape index (κ2) is 6.41. The van der Waals surface area contributed by atoms with Crippen LogP contribution in [0.1, 0.15) is 28.8 Å². The molecular weight excluding hydrogens is 384 g/mol. The van der Waals surface area contributed by atoms with Gasteiger partial charge in [0.1, 0.15) is 5.75 Å². The summed E-state index contributed by atoms with van der Waals surface area (Å²) >= 11 is 3.44. The third kappa shape index (κ3) is 3.70. The fourth-order valence-corrected chi connectivity index (χ4v) is 4.38. The number of hydrogen-bond donors (Lipinski definition) is 1. The molecule has 1 aromatic carbocycles. The number of hydrogen-bond acceptors (Lipinski definition) is 4. The van der Waals surface area contributed by atoms with Gasteiger partial charge >= 0.3 is 0 Å². The highest BCUT2D eigenvalue weighted by molar-refractivity contribution is 9.10. The first-order valence-corrected chi connectivity index (χ1v) is 10.2. The third-order valence-electron chi connectivity index (χ3n) is 4.33. The number of halogens is 1. The van der Waals surface area contributed by atoms with Gasteiger partial charge in [0.25, 0.3) is 5.91 Å². The Labute approximate surface area is 144 Å². The van der Waals surface area contributed by atoms with Gasteiger partial charge in [-0.15, -0.1) is 0 Å². The second-order valence-corrected chi connectivity index (χ2v) is 8.94. The smallest absolute Gasteiger partial charge is 0.255 e. The van der Waals surface area contributed by atoms with E-state index in [-0.39, 0.29) is 5.91 Å². The molecule has 0 saturated carbocycles. The summed E-state index contributed by atoms with van der Waals surface area (Å²) in [4.78, 5) is 11.9. The number of amides is 1. The summed E-state index contributed by atoms with van der Waals surface area (Å²) in [5.74, 6) is 0.788. The minimum absolute atomic E-state index is 0.102. The van der Waals surface area contributed by atoms with Gasteiger partial charge in [-0.1, -0.05) is 15.9 Å². The maximum Gasteiger partial charge on any atom is 0.255 e. The lowest BCUT2D eigenvalue weighted by molar-refractivity contribution is 0.0960. The standard InChI is InChI=1S/C15H19BrN2O4S/c1-23(20,21)18-4-2-10(3-5-18)9-22-13-7-12(16)6-11-8-17-15(19)14(11)13/h6-7,10H,2-5,8-9H2,1H3,(H,17,19). The summed E-state index contributed by atoms with van der Waals surface area (Å²) in [6, 6.07) is 3.74. The van der Waals surface area contributed by atoms with E-state index in [4.69, 9.17) is 4.74 Å². The van der Waals surface area contributed by atoms with E-state index in [1.54, 1.807) is 0 Å². The van der Waals surface area contributed by atoms with E-state index < -0.39 is 10.0 Å². The lowest BCUT2D eigenvalue weighted by Gasteiger charge is -2.30. The number of sulfonamides is 1. The molecule has 0 bridgehead atoms. The van der Waals surface area contributed by atoms with Crippen molar-refractivity contribution in [1.82, 2.24) is 9.62 Å². The number of ether oxygens (including phenoxy) is 1. The molecule has 0 atom stereocenters. The molecule has 126 valence electrons. The molecule has 0 spiro atoms. The second-order valence-electron chi connectivity index (χ2n) is 6.04. The first-order chi connectivity index (χ1) is 10.8. The van der Waals surface area contributed by atoms with Crippen molar-refractivity contribution in [3.05, 3.63) is 27.7 Å². The van der Waals surface area contributed by atoms with Gasteiger partial charge in [-0.05, 0) is 36.5 Å². The first-order valence-electron chi connectivity index (χ1n) is 7.53. The van der Waals surface area contributed by atoms with Gasteiger partial charge in [0, 0.05) is 24.1 Å². The third-order valence-corrected chi connectivity index (χ3v) is 6.09. The molecule has 1 amide bonds. The summed E-state index contributed by atoms with van der Waals surface area (Å²) < 4.78 is 31.3. The van der Waals surface area contributed by atoms with E-state index in [1.165, 1.54) is 10.6 Å². The van der Waals surface area contributed by atoms with Crippen LogP contribution in [0, 0.1) is 5.92 Å². The molecule has 2 heterocycles. The molecular formula is C15H19BrN2O4S. The Morgan fingerprint density at radius 2 is 2.04 bits per heavy atom. The van der Waals surface area contributed by atoms with Gasteiger partial charge in [-0.2, -0.15) is 0 Å². The molecule has 3 rings (SSSR count). The minimum Gasteiger partial charge on any atom is -0.492 e. The SMILES string of the molecule is CS(=O)(=O)N1CCC(COc2cc(Br)cc3c2C(=O)NC3)CC1. The lowest BCUT2D eigenvalue weighted by Crippen LogP contribution is -2.39. The van der Waals surface area contributed by atoms with Gasteiger partial charge in [0.2, 0.25) is 10.0 Å². The molecule has 1 N–H and O–H groups in total. The Hall–Kier alpha value is -1.12. The summed E-state index contributed by atoms with van der Waals surface area (Å²) in [6.45, 7) is 2.08. The molecule has 6 nitrogen and oxygen atoms in total. The highest BCUT2D eigenvalue weighted by Crippen LogP contribution is 2.31.